The van der Waals surface area contributed by atoms with E-state index in [2.05, 4.69) is 10.5 Å². The van der Waals surface area contributed by atoms with E-state index >= 15 is 0 Å². The maximum absolute atomic E-state index is 11.8. The van der Waals surface area contributed by atoms with Gasteiger partial charge in [-0.1, -0.05) is 42.0 Å². The molecule has 0 aliphatic heterocycles. The van der Waals surface area contributed by atoms with Crippen LogP contribution in [0.15, 0.2) is 53.6 Å². The second-order valence-corrected chi connectivity index (χ2v) is 4.73. The number of benzene rings is 2. The average Bonchev–Trinajstić information content (AvgIpc) is 2.50. The molecule has 0 aromatic heterocycles. The zero-order valence-corrected chi connectivity index (χ0v) is 12.2. The van der Waals surface area contributed by atoms with Gasteiger partial charge in [0.25, 0.3) is 0 Å². The standard InChI is InChI=1S/C17H18N2O2/c1-13-3-5-15(6-4-13)12-18-19-17(20)11-14-7-9-16(21-2)10-8-14/h3-10,12H,11H2,1-2H3,(H,19,20)/b18-12+. The maximum atomic E-state index is 11.8. The number of hydrazone groups is 1. The van der Waals surface area contributed by atoms with Crippen LogP contribution in [-0.4, -0.2) is 19.2 Å². The number of carbonyl (C=O) groups excluding carboxylic acids is 1. The smallest absolute Gasteiger partial charge is 0.244 e. The van der Waals surface area contributed by atoms with E-state index < -0.39 is 0 Å². The summed E-state index contributed by atoms with van der Waals surface area (Å²) in [4.78, 5) is 11.8. The van der Waals surface area contributed by atoms with Gasteiger partial charge < -0.3 is 4.74 Å². The lowest BCUT2D eigenvalue weighted by Gasteiger charge is -2.02. The highest BCUT2D eigenvalue weighted by molar-refractivity contribution is 5.83. The van der Waals surface area contributed by atoms with Crippen LogP contribution in [0, 0.1) is 6.92 Å². The Balaban J connectivity index is 1.85. The number of amides is 1. The highest BCUT2D eigenvalue weighted by atomic mass is 16.5. The summed E-state index contributed by atoms with van der Waals surface area (Å²) >= 11 is 0. The molecule has 2 aromatic carbocycles. The Bertz CT molecular complexity index is 616. The molecule has 0 spiro atoms. The molecular weight excluding hydrogens is 264 g/mol. The topological polar surface area (TPSA) is 50.7 Å². The van der Waals surface area contributed by atoms with Crippen molar-refractivity contribution in [3.63, 3.8) is 0 Å². The number of nitrogens with one attached hydrogen (secondary N) is 1. The van der Waals surface area contributed by atoms with Crippen LogP contribution in [0.3, 0.4) is 0 Å². The zero-order chi connectivity index (χ0) is 15.1. The number of hydrogen-bond donors (Lipinski definition) is 1. The molecule has 0 saturated heterocycles. The lowest BCUT2D eigenvalue weighted by molar-refractivity contribution is -0.120. The monoisotopic (exact) mass is 282 g/mol. The van der Waals surface area contributed by atoms with Crippen molar-refractivity contribution >= 4 is 12.1 Å². The molecule has 0 heterocycles. The first kappa shape index (κ1) is 14.8. The molecule has 0 aliphatic carbocycles. The van der Waals surface area contributed by atoms with Gasteiger partial charge in [0.1, 0.15) is 5.75 Å². The van der Waals surface area contributed by atoms with Gasteiger partial charge in [0.2, 0.25) is 5.91 Å². The molecule has 0 aliphatic rings. The Morgan fingerprint density at radius 3 is 2.43 bits per heavy atom. The molecule has 0 unspecified atom stereocenters. The van der Waals surface area contributed by atoms with Gasteiger partial charge in [-0.25, -0.2) is 5.43 Å². The Labute approximate surface area is 124 Å². The van der Waals surface area contributed by atoms with E-state index in [1.54, 1.807) is 13.3 Å². The van der Waals surface area contributed by atoms with Gasteiger partial charge in [-0.3, -0.25) is 4.79 Å². The molecular formula is C17H18N2O2. The first-order chi connectivity index (χ1) is 10.2. The van der Waals surface area contributed by atoms with Crippen molar-refractivity contribution in [3.8, 4) is 5.75 Å². The van der Waals surface area contributed by atoms with Gasteiger partial charge in [0.15, 0.2) is 0 Å². The van der Waals surface area contributed by atoms with Crippen LogP contribution < -0.4 is 10.2 Å². The molecule has 1 N–H and O–H groups in total. The average molecular weight is 282 g/mol. The van der Waals surface area contributed by atoms with E-state index in [-0.39, 0.29) is 12.3 Å². The summed E-state index contributed by atoms with van der Waals surface area (Å²) in [5.74, 6) is 0.625. The fourth-order valence-corrected chi connectivity index (χ4v) is 1.80. The molecule has 2 rings (SSSR count). The van der Waals surface area contributed by atoms with Gasteiger partial charge in [-0.15, -0.1) is 0 Å². The number of ether oxygens (including phenoxy) is 1. The summed E-state index contributed by atoms with van der Waals surface area (Å²) in [5, 5.41) is 3.95. The Hall–Kier alpha value is -2.62. The van der Waals surface area contributed by atoms with E-state index in [4.69, 9.17) is 4.74 Å². The second kappa shape index (κ2) is 7.24. The molecule has 0 radical (unpaired) electrons. The Kier molecular flexibility index (Phi) is 5.10. The number of aryl methyl sites for hydroxylation is 1. The third-order valence-electron chi connectivity index (χ3n) is 3.00. The third-order valence-corrected chi connectivity index (χ3v) is 3.00. The van der Waals surface area contributed by atoms with E-state index in [9.17, 15) is 4.79 Å². The van der Waals surface area contributed by atoms with Gasteiger partial charge >= 0.3 is 0 Å². The molecule has 0 atom stereocenters. The van der Waals surface area contributed by atoms with Crippen molar-refractivity contribution in [2.75, 3.05) is 7.11 Å². The third kappa shape index (κ3) is 4.76. The van der Waals surface area contributed by atoms with Crippen molar-refractivity contribution < 1.29 is 9.53 Å². The minimum Gasteiger partial charge on any atom is -0.497 e. The van der Waals surface area contributed by atoms with Crippen LogP contribution in [0.4, 0.5) is 0 Å². The number of hydrogen-bond acceptors (Lipinski definition) is 3. The number of methoxy groups -OCH3 is 1. The SMILES string of the molecule is COc1ccc(CC(=O)N/N=C/c2ccc(C)cc2)cc1. The first-order valence-electron chi connectivity index (χ1n) is 6.69. The van der Waals surface area contributed by atoms with Crippen molar-refractivity contribution in [1.82, 2.24) is 5.43 Å². The van der Waals surface area contributed by atoms with Crippen LogP contribution in [0.25, 0.3) is 0 Å². The minimum absolute atomic E-state index is 0.150. The number of rotatable bonds is 5. The van der Waals surface area contributed by atoms with E-state index in [0.717, 1.165) is 16.9 Å². The molecule has 1 amide bonds. The van der Waals surface area contributed by atoms with E-state index in [1.807, 2.05) is 55.5 Å². The molecule has 4 heteroatoms. The maximum Gasteiger partial charge on any atom is 0.244 e. The molecule has 21 heavy (non-hydrogen) atoms. The summed E-state index contributed by atoms with van der Waals surface area (Å²) in [6.45, 7) is 2.03. The Morgan fingerprint density at radius 1 is 1.14 bits per heavy atom. The summed E-state index contributed by atoms with van der Waals surface area (Å²) in [5.41, 5.74) is 5.58. The summed E-state index contributed by atoms with van der Waals surface area (Å²) < 4.78 is 5.07. The molecule has 4 nitrogen and oxygen atoms in total. The predicted octanol–water partition coefficient (Wildman–Crippen LogP) is 2.70. The first-order valence-corrected chi connectivity index (χ1v) is 6.69. The quantitative estimate of drug-likeness (QED) is 0.677. The highest BCUT2D eigenvalue weighted by Gasteiger charge is 2.02. The van der Waals surface area contributed by atoms with Crippen LogP contribution in [0.5, 0.6) is 5.75 Å². The van der Waals surface area contributed by atoms with Crippen molar-refractivity contribution in [2.45, 2.75) is 13.3 Å². The van der Waals surface area contributed by atoms with Crippen LogP contribution >= 0.6 is 0 Å². The van der Waals surface area contributed by atoms with Crippen molar-refractivity contribution in [2.24, 2.45) is 5.10 Å². The van der Waals surface area contributed by atoms with Crippen LogP contribution in [0.2, 0.25) is 0 Å². The van der Waals surface area contributed by atoms with Crippen molar-refractivity contribution in [1.29, 1.82) is 0 Å². The van der Waals surface area contributed by atoms with Crippen LogP contribution in [-0.2, 0) is 11.2 Å². The molecule has 108 valence electrons. The van der Waals surface area contributed by atoms with Crippen molar-refractivity contribution in [3.05, 3.63) is 65.2 Å². The number of carbonyl (C=O) groups is 1. The number of nitrogens with zero attached hydrogens (tertiary/aromatic N) is 1. The summed E-state index contributed by atoms with van der Waals surface area (Å²) in [7, 11) is 1.61. The largest absolute Gasteiger partial charge is 0.497 e. The lowest BCUT2D eigenvalue weighted by atomic mass is 10.1. The zero-order valence-electron chi connectivity index (χ0n) is 12.2. The van der Waals surface area contributed by atoms with E-state index in [0.29, 0.717) is 0 Å². The minimum atomic E-state index is -0.150. The molecule has 0 saturated carbocycles. The van der Waals surface area contributed by atoms with E-state index in [1.165, 1.54) is 5.56 Å². The normalized spacial score (nSPS) is 10.6. The van der Waals surface area contributed by atoms with Gasteiger partial charge in [-0.2, -0.15) is 5.10 Å². The van der Waals surface area contributed by atoms with Crippen LogP contribution in [0.1, 0.15) is 16.7 Å². The predicted molar refractivity (Wildman–Crippen MR) is 83.6 cm³/mol. The second-order valence-electron chi connectivity index (χ2n) is 4.73. The highest BCUT2D eigenvalue weighted by Crippen LogP contribution is 2.11. The molecule has 0 bridgehead atoms. The summed E-state index contributed by atoms with van der Waals surface area (Å²) in [6.07, 6.45) is 1.92. The molecule has 2 aromatic rings. The molecule has 0 fully saturated rings. The Morgan fingerprint density at radius 2 is 1.81 bits per heavy atom. The van der Waals surface area contributed by atoms with Gasteiger partial charge in [0.05, 0.1) is 19.7 Å². The lowest BCUT2D eigenvalue weighted by Crippen LogP contribution is -2.19. The fourth-order valence-electron chi connectivity index (χ4n) is 1.80. The van der Waals surface area contributed by atoms with Gasteiger partial charge in [-0.05, 0) is 30.2 Å². The van der Waals surface area contributed by atoms with Gasteiger partial charge in [0, 0.05) is 0 Å². The summed E-state index contributed by atoms with van der Waals surface area (Å²) in [6, 6.07) is 15.3. The fraction of sp³-hybridized carbons (Fsp3) is 0.176.